The number of nitrogens with zero attached hydrogens (tertiary/aromatic N) is 2. The van der Waals surface area contributed by atoms with Crippen molar-refractivity contribution in [3.05, 3.63) is 71.2 Å². The number of aliphatic hydroxyl groups is 2. The van der Waals surface area contributed by atoms with Crippen molar-refractivity contribution in [2.24, 2.45) is 5.92 Å². The van der Waals surface area contributed by atoms with Gasteiger partial charge in [0.2, 0.25) is 0 Å². The first-order valence-corrected chi connectivity index (χ1v) is 12.3. The van der Waals surface area contributed by atoms with E-state index in [2.05, 4.69) is 29.2 Å². The molecule has 1 unspecified atom stereocenters. The van der Waals surface area contributed by atoms with Crippen LogP contribution in [0.1, 0.15) is 78.0 Å². The summed E-state index contributed by atoms with van der Waals surface area (Å²) < 4.78 is 0. The van der Waals surface area contributed by atoms with E-state index in [-0.39, 0.29) is 25.4 Å². The molecule has 4 rings (SSSR count). The molecule has 0 amide bonds. The summed E-state index contributed by atoms with van der Waals surface area (Å²) in [6.45, 7) is 0.0941. The second-order valence-corrected chi connectivity index (χ2v) is 9.30. The number of benzene rings is 1. The van der Waals surface area contributed by atoms with Gasteiger partial charge in [-0.2, -0.15) is 0 Å². The first kappa shape index (κ1) is 23.5. The molecular weight excluding hydrogens is 412 g/mol. The molecule has 1 saturated carbocycles. The van der Waals surface area contributed by atoms with Gasteiger partial charge in [0.15, 0.2) is 5.78 Å². The summed E-state index contributed by atoms with van der Waals surface area (Å²) in [6.07, 6.45) is 12.1. The van der Waals surface area contributed by atoms with Gasteiger partial charge in [0.1, 0.15) is 0 Å². The maximum absolute atomic E-state index is 12.7. The van der Waals surface area contributed by atoms with Gasteiger partial charge >= 0.3 is 0 Å². The Hall–Kier alpha value is -2.63. The van der Waals surface area contributed by atoms with Crippen LogP contribution in [-0.4, -0.2) is 39.2 Å². The summed E-state index contributed by atoms with van der Waals surface area (Å²) >= 11 is 0. The Bertz CT molecular complexity index is 1060. The minimum Gasteiger partial charge on any atom is -0.396 e. The van der Waals surface area contributed by atoms with E-state index in [1.54, 1.807) is 12.4 Å². The number of ketones is 1. The summed E-state index contributed by atoms with van der Waals surface area (Å²) in [5, 5.41) is 19.1. The molecule has 2 atom stereocenters. The van der Waals surface area contributed by atoms with Crippen LogP contribution in [0.25, 0.3) is 10.9 Å². The van der Waals surface area contributed by atoms with Crippen molar-refractivity contribution in [2.75, 3.05) is 13.2 Å². The fraction of sp³-hybridized carbons (Fsp3) is 0.464. The van der Waals surface area contributed by atoms with Crippen molar-refractivity contribution in [3.8, 4) is 0 Å². The van der Waals surface area contributed by atoms with E-state index < -0.39 is 0 Å². The fourth-order valence-corrected chi connectivity index (χ4v) is 5.10. The van der Waals surface area contributed by atoms with E-state index in [9.17, 15) is 9.90 Å². The molecule has 0 radical (unpaired) electrons. The monoisotopic (exact) mass is 446 g/mol. The van der Waals surface area contributed by atoms with Gasteiger partial charge in [0.05, 0.1) is 12.1 Å². The van der Waals surface area contributed by atoms with Crippen molar-refractivity contribution in [2.45, 2.75) is 63.7 Å². The predicted molar refractivity (Wildman–Crippen MR) is 130 cm³/mol. The number of aromatic nitrogens is 2. The van der Waals surface area contributed by atoms with Crippen molar-refractivity contribution >= 4 is 16.7 Å². The molecule has 174 valence electrons. The van der Waals surface area contributed by atoms with Gasteiger partial charge in [-0.3, -0.25) is 14.8 Å². The van der Waals surface area contributed by atoms with Crippen LogP contribution in [0.5, 0.6) is 0 Å². The van der Waals surface area contributed by atoms with Crippen molar-refractivity contribution in [3.63, 3.8) is 0 Å². The molecule has 0 spiro atoms. The molecule has 0 aliphatic heterocycles. The molecule has 2 N–H and O–H groups in total. The van der Waals surface area contributed by atoms with Crippen LogP contribution in [0.2, 0.25) is 0 Å². The maximum atomic E-state index is 12.7. The lowest BCUT2D eigenvalue weighted by molar-refractivity contribution is 0.0958. The van der Waals surface area contributed by atoms with Gasteiger partial charge < -0.3 is 10.2 Å². The third kappa shape index (κ3) is 6.04. The molecule has 2 heterocycles. The number of carbonyl (C=O) groups excluding carboxylic acids is 1. The fourth-order valence-electron chi connectivity index (χ4n) is 5.10. The van der Waals surface area contributed by atoms with Gasteiger partial charge in [-0.15, -0.1) is 0 Å². The Morgan fingerprint density at radius 1 is 0.970 bits per heavy atom. The van der Waals surface area contributed by atoms with Crippen LogP contribution in [0.15, 0.2) is 48.8 Å². The molecule has 5 nitrogen and oxygen atoms in total. The second-order valence-electron chi connectivity index (χ2n) is 9.30. The summed E-state index contributed by atoms with van der Waals surface area (Å²) in [6, 6.07) is 12.7. The third-order valence-electron chi connectivity index (χ3n) is 6.95. The van der Waals surface area contributed by atoms with Gasteiger partial charge in [0.25, 0.3) is 0 Å². The van der Waals surface area contributed by atoms with E-state index in [0.717, 1.165) is 55.1 Å². The van der Waals surface area contributed by atoms with Crippen LogP contribution >= 0.6 is 0 Å². The molecule has 2 aromatic heterocycles. The van der Waals surface area contributed by atoms with E-state index >= 15 is 0 Å². The highest BCUT2D eigenvalue weighted by Crippen LogP contribution is 2.36. The Kier molecular flexibility index (Phi) is 8.19. The summed E-state index contributed by atoms with van der Waals surface area (Å²) in [5.41, 5.74) is 5.13. The normalized spacial score (nSPS) is 18.8. The van der Waals surface area contributed by atoms with Crippen molar-refractivity contribution in [1.82, 2.24) is 9.97 Å². The van der Waals surface area contributed by atoms with Crippen LogP contribution < -0.4 is 0 Å². The number of Topliss-reactive ketones (excluding diaryl/α,β-unsaturated/α-hetero) is 1. The molecule has 1 aliphatic carbocycles. The zero-order valence-electron chi connectivity index (χ0n) is 19.2. The lowest BCUT2D eigenvalue weighted by atomic mass is 9.90. The number of aliphatic hydroxyl groups excluding tert-OH is 2. The Morgan fingerprint density at radius 3 is 2.58 bits per heavy atom. The molecule has 33 heavy (non-hydrogen) atoms. The van der Waals surface area contributed by atoms with Crippen LogP contribution in [-0.2, 0) is 12.8 Å². The van der Waals surface area contributed by atoms with E-state index in [1.807, 2.05) is 12.1 Å². The van der Waals surface area contributed by atoms with Crippen LogP contribution in [0.4, 0.5) is 0 Å². The van der Waals surface area contributed by atoms with Gasteiger partial charge in [-0.1, -0.05) is 37.1 Å². The molecule has 1 fully saturated rings. The predicted octanol–water partition coefficient (Wildman–Crippen LogP) is 5.03. The number of pyridine rings is 2. The van der Waals surface area contributed by atoms with Crippen molar-refractivity contribution < 1.29 is 15.0 Å². The largest absolute Gasteiger partial charge is 0.396 e. The smallest absolute Gasteiger partial charge is 0.165 e. The summed E-state index contributed by atoms with van der Waals surface area (Å²) in [7, 11) is 0. The lowest BCUT2D eigenvalue weighted by Gasteiger charge is -2.17. The summed E-state index contributed by atoms with van der Waals surface area (Å²) in [5.74, 6) is 0.973. The minimum absolute atomic E-state index is 0.0481. The zero-order chi connectivity index (χ0) is 23.0. The topological polar surface area (TPSA) is 83.3 Å². The molecule has 3 aromatic rings. The Labute approximate surface area is 195 Å². The molecule has 0 saturated heterocycles. The van der Waals surface area contributed by atoms with Crippen LogP contribution in [0.3, 0.4) is 0 Å². The standard InChI is InChI=1S/C28H34N2O3/c31-15-2-4-20-6-8-22(9-7-20)17-21-3-1-5-23(11-10-21)27-18-24(28(33)13-16-32)25-19-29-14-12-26(25)30-27/h6-9,12,14,18-19,21,23,31-32H,1-5,10-11,13,15-17H2/t21-,23?/m1/s1. The average Bonchev–Trinajstić information content (AvgIpc) is 3.08. The second kappa shape index (κ2) is 11.5. The number of carbonyl (C=O) groups is 1. The van der Waals surface area contributed by atoms with E-state index in [4.69, 9.17) is 10.1 Å². The number of aryl methyl sites for hydroxylation is 1. The molecule has 1 aliphatic rings. The third-order valence-corrected chi connectivity index (χ3v) is 6.95. The molecule has 0 bridgehead atoms. The average molecular weight is 447 g/mol. The highest BCUT2D eigenvalue weighted by molar-refractivity contribution is 6.07. The first-order chi connectivity index (χ1) is 16.2. The van der Waals surface area contributed by atoms with Crippen LogP contribution in [0, 0.1) is 5.92 Å². The SMILES string of the molecule is O=C(CCO)c1cc(C2CCC[C@@H](Cc3ccc(CCCO)cc3)CC2)nc2ccncc12. The molecule has 1 aromatic carbocycles. The highest BCUT2D eigenvalue weighted by Gasteiger charge is 2.23. The quantitative estimate of drug-likeness (QED) is 0.356. The van der Waals surface area contributed by atoms with Gasteiger partial charge in [-0.25, -0.2) is 0 Å². The van der Waals surface area contributed by atoms with Crippen molar-refractivity contribution in [1.29, 1.82) is 0 Å². The number of fused-ring (bicyclic) bond motifs is 1. The zero-order valence-corrected chi connectivity index (χ0v) is 19.2. The lowest BCUT2D eigenvalue weighted by Crippen LogP contribution is -2.08. The van der Waals surface area contributed by atoms with Gasteiger partial charge in [-0.05, 0) is 67.7 Å². The van der Waals surface area contributed by atoms with E-state index in [0.29, 0.717) is 17.4 Å². The Morgan fingerprint density at radius 2 is 1.79 bits per heavy atom. The number of hydrogen-bond acceptors (Lipinski definition) is 5. The first-order valence-electron chi connectivity index (χ1n) is 12.3. The maximum Gasteiger partial charge on any atom is 0.165 e. The highest BCUT2D eigenvalue weighted by atomic mass is 16.3. The molecule has 5 heteroatoms. The number of hydrogen-bond donors (Lipinski definition) is 2. The van der Waals surface area contributed by atoms with E-state index in [1.165, 1.54) is 24.0 Å². The minimum atomic E-state index is -0.147. The van der Waals surface area contributed by atoms with Gasteiger partial charge in [0, 0.05) is 48.0 Å². The summed E-state index contributed by atoms with van der Waals surface area (Å²) in [4.78, 5) is 21.8. The number of rotatable bonds is 9. The molecular formula is C28H34N2O3. The Balaban J connectivity index is 1.45.